The molecule has 4 nitrogen and oxygen atoms in total. The molecular formula is C4H6O4S2. The van der Waals surface area contributed by atoms with Gasteiger partial charge in [0.25, 0.3) is 0 Å². The van der Waals surface area contributed by atoms with Crippen molar-refractivity contribution in [3.63, 3.8) is 0 Å². The second-order valence-electron chi connectivity index (χ2n) is 1.56. The van der Waals surface area contributed by atoms with Crippen LogP contribution in [0.2, 0.25) is 0 Å². The fourth-order valence-electron chi connectivity index (χ4n) is 0.369. The quantitative estimate of drug-likeness (QED) is 0.657. The monoisotopic (exact) mass is 182 g/mol. The first-order chi connectivity index (χ1) is 4.79. The molecule has 0 unspecified atom stereocenters. The Balaban J connectivity index is 1.89. The minimum atomic E-state index is -0.792. The second kappa shape index (κ2) is 4.07. The molecule has 0 radical (unpaired) electrons. The molecule has 0 aromatic heterocycles. The average Bonchev–Trinajstić information content (AvgIpc) is 1.75. The zero-order chi connectivity index (χ0) is 7.40. The summed E-state index contributed by atoms with van der Waals surface area (Å²) < 4.78 is 9.55. The zero-order valence-corrected chi connectivity index (χ0v) is 6.61. The Labute approximate surface area is 66.7 Å². The van der Waals surface area contributed by atoms with Gasteiger partial charge in [-0.3, -0.25) is 4.79 Å². The lowest BCUT2D eigenvalue weighted by Gasteiger charge is -2.21. The Kier molecular flexibility index (Phi) is 3.33. The number of hydrogen-bond donors (Lipinski definition) is 1. The lowest BCUT2D eigenvalue weighted by atomic mass is 10.5. The number of aliphatic carboxylic acids is 1. The van der Waals surface area contributed by atoms with Crippen molar-refractivity contribution < 1.29 is 18.3 Å². The van der Waals surface area contributed by atoms with Crippen LogP contribution in [0, 0.1) is 0 Å². The maximum absolute atomic E-state index is 9.99. The van der Waals surface area contributed by atoms with E-state index in [-0.39, 0.29) is 12.0 Å². The summed E-state index contributed by atoms with van der Waals surface area (Å²) in [6.07, 6.45) is 0.151. The van der Waals surface area contributed by atoms with Crippen LogP contribution in [-0.2, 0) is 13.2 Å². The standard InChI is InChI=1S/C4H6O4S2/c5-3(6)1-2-9-4-7-10-8-4/h4H,1-2H2,(H,5,6). The first-order valence-electron chi connectivity index (χ1n) is 2.61. The molecule has 0 atom stereocenters. The van der Waals surface area contributed by atoms with Crippen molar-refractivity contribution in [2.24, 2.45) is 0 Å². The van der Waals surface area contributed by atoms with Gasteiger partial charge in [0.1, 0.15) is 0 Å². The van der Waals surface area contributed by atoms with E-state index < -0.39 is 5.97 Å². The van der Waals surface area contributed by atoms with Gasteiger partial charge in [-0.2, -0.15) is 0 Å². The number of thioether (sulfide) groups is 1. The topological polar surface area (TPSA) is 55.8 Å². The van der Waals surface area contributed by atoms with Gasteiger partial charge < -0.3 is 5.11 Å². The Morgan fingerprint density at radius 1 is 1.70 bits per heavy atom. The van der Waals surface area contributed by atoms with E-state index in [2.05, 4.69) is 0 Å². The predicted molar refractivity (Wildman–Crippen MR) is 38.3 cm³/mol. The molecule has 0 amide bonds. The summed E-state index contributed by atoms with van der Waals surface area (Å²) in [5, 5.41) is 8.22. The third-order valence-electron chi connectivity index (χ3n) is 0.806. The van der Waals surface area contributed by atoms with Crippen molar-refractivity contribution >= 4 is 30.1 Å². The fraction of sp³-hybridized carbons (Fsp3) is 0.750. The molecule has 0 saturated carbocycles. The van der Waals surface area contributed by atoms with Crippen LogP contribution in [0.1, 0.15) is 6.42 Å². The van der Waals surface area contributed by atoms with Crippen molar-refractivity contribution in [1.29, 1.82) is 0 Å². The summed E-state index contributed by atoms with van der Waals surface area (Å²) in [7, 11) is 0. The molecule has 0 aromatic rings. The largest absolute Gasteiger partial charge is 0.481 e. The highest BCUT2D eigenvalue weighted by atomic mass is 32.2. The van der Waals surface area contributed by atoms with Crippen molar-refractivity contribution in [2.75, 3.05) is 5.75 Å². The number of rotatable bonds is 4. The zero-order valence-electron chi connectivity index (χ0n) is 4.98. The Morgan fingerprint density at radius 2 is 2.40 bits per heavy atom. The van der Waals surface area contributed by atoms with Gasteiger partial charge in [0.05, 0.1) is 6.42 Å². The van der Waals surface area contributed by atoms with Gasteiger partial charge in [0, 0.05) is 5.75 Å². The van der Waals surface area contributed by atoms with Crippen LogP contribution in [0.3, 0.4) is 0 Å². The highest BCUT2D eigenvalue weighted by Gasteiger charge is 2.21. The highest BCUT2D eigenvalue weighted by molar-refractivity contribution is 8.02. The molecule has 58 valence electrons. The third-order valence-corrected chi connectivity index (χ3v) is 2.46. The van der Waals surface area contributed by atoms with Crippen molar-refractivity contribution in [3.8, 4) is 0 Å². The van der Waals surface area contributed by atoms with Crippen LogP contribution >= 0.6 is 24.1 Å². The first kappa shape index (κ1) is 8.19. The summed E-state index contributed by atoms with van der Waals surface area (Å²) in [6, 6.07) is 0. The van der Waals surface area contributed by atoms with E-state index in [0.717, 1.165) is 12.3 Å². The van der Waals surface area contributed by atoms with Gasteiger partial charge >= 0.3 is 5.97 Å². The normalized spacial score (nSPS) is 18.4. The van der Waals surface area contributed by atoms with Crippen LogP contribution in [-0.4, -0.2) is 22.5 Å². The molecule has 0 aromatic carbocycles. The number of hydrogen-bond acceptors (Lipinski definition) is 5. The van der Waals surface area contributed by atoms with Gasteiger partial charge in [0.2, 0.25) is 5.62 Å². The third kappa shape index (κ3) is 2.78. The van der Waals surface area contributed by atoms with Crippen LogP contribution in [0.4, 0.5) is 0 Å². The fourth-order valence-corrected chi connectivity index (χ4v) is 1.63. The van der Waals surface area contributed by atoms with E-state index in [9.17, 15) is 4.79 Å². The van der Waals surface area contributed by atoms with Crippen LogP contribution in [0.25, 0.3) is 0 Å². The molecule has 1 aliphatic rings. The summed E-state index contributed by atoms with van der Waals surface area (Å²) in [5.41, 5.74) is -0.260. The Morgan fingerprint density at radius 3 is 2.80 bits per heavy atom. The van der Waals surface area contributed by atoms with Gasteiger partial charge in [0.15, 0.2) is 12.3 Å². The van der Waals surface area contributed by atoms with E-state index in [1.54, 1.807) is 0 Å². The first-order valence-corrected chi connectivity index (χ1v) is 4.33. The summed E-state index contributed by atoms with van der Waals surface area (Å²) >= 11 is 2.28. The molecule has 1 aliphatic heterocycles. The maximum atomic E-state index is 9.99. The van der Waals surface area contributed by atoms with Gasteiger partial charge in [-0.25, -0.2) is 8.37 Å². The van der Waals surface area contributed by atoms with Gasteiger partial charge in [-0.1, -0.05) is 11.8 Å². The summed E-state index contributed by atoms with van der Waals surface area (Å²) in [4.78, 5) is 9.99. The lowest BCUT2D eigenvalue weighted by molar-refractivity contribution is -0.136. The minimum Gasteiger partial charge on any atom is -0.481 e. The number of carboxylic acids is 1. The van der Waals surface area contributed by atoms with E-state index in [1.807, 2.05) is 0 Å². The van der Waals surface area contributed by atoms with Crippen molar-refractivity contribution in [2.45, 2.75) is 12.0 Å². The van der Waals surface area contributed by atoms with E-state index in [1.165, 1.54) is 11.8 Å². The average molecular weight is 182 g/mol. The lowest BCUT2D eigenvalue weighted by Crippen LogP contribution is -2.16. The van der Waals surface area contributed by atoms with E-state index >= 15 is 0 Å². The molecule has 0 spiro atoms. The number of carbonyl (C=O) groups is 1. The minimum absolute atomic E-state index is 0.151. The van der Waals surface area contributed by atoms with Crippen molar-refractivity contribution in [1.82, 2.24) is 0 Å². The maximum Gasteiger partial charge on any atom is 0.304 e. The summed E-state index contributed by atoms with van der Waals surface area (Å²) in [6.45, 7) is 0. The number of carboxylic acid groups (broad SMARTS) is 1. The molecule has 1 rings (SSSR count). The Hall–Kier alpha value is 0.0900. The Bertz CT molecular complexity index is 124. The molecule has 1 heterocycles. The molecule has 1 fully saturated rings. The van der Waals surface area contributed by atoms with E-state index in [4.69, 9.17) is 13.5 Å². The molecule has 1 N–H and O–H groups in total. The molecular weight excluding hydrogens is 176 g/mol. The van der Waals surface area contributed by atoms with Gasteiger partial charge in [-0.15, -0.1) is 0 Å². The SMILES string of the molecule is O=C(O)CCSC1OSO1. The van der Waals surface area contributed by atoms with E-state index in [0.29, 0.717) is 5.75 Å². The summed E-state index contributed by atoms with van der Waals surface area (Å²) in [5.74, 6) is -0.264. The highest BCUT2D eigenvalue weighted by Crippen LogP contribution is 2.33. The molecule has 10 heavy (non-hydrogen) atoms. The molecule has 6 heteroatoms. The van der Waals surface area contributed by atoms with Crippen LogP contribution in [0.15, 0.2) is 0 Å². The van der Waals surface area contributed by atoms with Crippen molar-refractivity contribution in [3.05, 3.63) is 0 Å². The predicted octanol–water partition coefficient (Wildman–Crippen LogP) is 1.09. The van der Waals surface area contributed by atoms with Crippen LogP contribution < -0.4 is 0 Å². The molecule has 0 aliphatic carbocycles. The van der Waals surface area contributed by atoms with Gasteiger partial charge in [-0.05, 0) is 0 Å². The molecule has 1 saturated heterocycles. The second-order valence-corrected chi connectivity index (χ2v) is 3.21. The molecule has 0 bridgehead atoms. The smallest absolute Gasteiger partial charge is 0.304 e. The van der Waals surface area contributed by atoms with Crippen LogP contribution in [0.5, 0.6) is 0 Å².